The Hall–Kier alpha value is 0.0249. The lowest BCUT2D eigenvalue weighted by atomic mass is 9.83. The van der Waals surface area contributed by atoms with Crippen molar-refractivity contribution in [2.45, 2.75) is 46.6 Å². The van der Waals surface area contributed by atoms with Crippen LogP contribution >= 0.6 is 0 Å². The summed E-state index contributed by atoms with van der Waals surface area (Å²) in [7, 11) is 5.28. The van der Waals surface area contributed by atoms with Gasteiger partial charge in [0.15, 0.2) is 7.98 Å². The third-order valence-electron chi connectivity index (χ3n) is 2.10. The molecule has 0 saturated heterocycles. The van der Waals surface area contributed by atoms with E-state index in [9.17, 15) is 0 Å². The first-order valence-electron chi connectivity index (χ1n) is 3.98. The van der Waals surface area contributed by atoms with Gasteiger partial charge in [0.1, 0.15) is 0 Å². The summed E-state index contributed by atoms with van der Waals surface area (Å²) in [4.78, 5) is 0. The molecule has 58 valence electrons. The van der Waals surface area contributed by atoms with Crippen LogP contribution in [0.3, 0.4) is 0 Å². The molecule has 10 heavy (non-hydrogen) atoms. The van der Waals surface area contributed by atoms with Gasteiger partial charge in [0, 0.05) is 0 Å². The Morgan fingerprint density at radius 1 is 1.50 bits per heavy atom. The summed E-state index contributed by atoms with van der Waals surface area (Å²) < 4.78 is 0. The summed E-state index contributed by atoms with van der Waals surface area (Å²) in [5.41, 5.74) is 0.422. The van der Waals surface area contributed by atoms with Gasteiger partial charge >= 0.3 is 0 Å². The van der Waals surface area contributed by atoms with Gasteiger partial charge in [-0.1, -0.05) is 34.1 Å². The van der Waals surface area contributed by atoms with Crippen LogP contribution in [0.5, 0.6) is 0 Å². The van der Waals surface area contributed by atoms with Crippen LogP contribution in [0.1, 0.15) is 40.5 Å². The average Bonchev–Trinajstić information content (AvgIpc) is 1.87. The van der Waals surface area contributed by atoms with Crippen LogP contribution in [0.25, 0.3) is 0 Å². The van der Waals surface area contributed by atoms with Crippen LogP contribution in [0.2, 0.25) is 0 Å². The molecule has 1 N–H and O–H groups in total. The summed E-state index contributed by atoms with van der Waals surface area (Å²) in [6.07, 6.45) is 2.35. The zero-order valence-electron chi connectivity index (χ0n) is 7.57. The molecule has 0 amide bonds. The summed E-state index contributed by atoms with van der Waals surface area (Å²) >= 11 is 0. The normalized spacial score (nSPS) is 15.2. The molecule has 0 aliphatic rings. The number of hydrogen-bond donors (Lipinski definition) is 1. The summed E-state index contributed by atoms with van der Waals surface area (Å²) in [6, 6.07) is 0.426. The number of hydrogen-bond acceptors (Lipinski definition) is 1. The topological polar surface area (TPSA) is 12.0 Å². The molecule has 0 aromatic rings. The van der Waals surface area contributed by atoms with Gasteiger partial charge in [-0.3, -0.25) is 0 Å². The quantitative estimate of drug-likeness (QED) is 0.586. The molecule has 2 heteroatoms. The van der Waals surface area contributed by atoms with Gasteiger partial charge in [-0.15, -0.1) is 0 Å². The van der Waals surface area contributed by atoms with Crippen LogP contribution in [0.15, 0.2) is 0 Å². The third-order valence-corrected chi connectivity index (χ3v) is 2.10. The Bertz CT molecular complexity index is 91.3. The molecule has 0 spiro atoms. The maximum atomic E-state index is 5.28. The summed E-state index contributed by atoms with van der Waals surface area (Å²) in [6.45, 7) is 8.85. The van der Waals surface area contributed by atoms with Crippen molar-refractivity contribution < 1.29 is 0 Å². The lowest BCUT2D eigenvalue weighted by molar-refractivity contribution is 0.293. The third kappa shape index (κ3) is 3.94. The van der Waals surface area contributed by atoms with E-state index >= 15 is 0 Å². The van der Waals surface area contributed by atoms with Gasteiger partial charge in [0.05, 0.1) is 0 Å². The van der Waals surface area contributed by atoms with Crippen LogP contribution in [-0.2, 0) is 0 Å². The highest BCUT2D eigenvalue weighted by Crippen LogP contribution is 2.25. The zero-order valence-corrected chi connectivity index (χ0v) is 7.57. The molecule has 0 aliphatic heterocycles. The highest BCUT2D eigenvalue weighted by atomic mass is 14.8. The van der Waals surface area contributed by atoms with Crippen molar-refractivity contribution in [2.75, 3.05) is 0 Å². The monoisotopic (exact) mass is 139 g/mol. The highest BCUT2D eigenvalue weighted by Gasteiger charge is 2.17. The average molecular weight is 139 g/mol. The van der Waals surface area contributed by atoms with Crippen molar-refractivity contribution in [3.63, 3.8) is 0 Å². The first-order valence-corrected chi connectivity index (χ1v) is 3.98. The molecule has 1 nitrogen and oxygen atoms in total. The predicted octanol–water partition coefficient (Wildman–Crippen LogP) is 1.87. The van der Waals surface area contributed by atoms with E-state index in [-0.39, 0.29) is 0 Å². The van der Waals surface area contributed by atoms with Crippen molar-refractivity contribution >= 4 is 7.98 Å². The molecule has 1 atom stereocenters. The Morgan fingerprint density at radius 3 is 2.30 bits per heavy atom. The van der Waals surface area contributed by atoms with Gasteiger partial charge in [0.25, 0.3) is 0 Å². The van der Waals surface area contributed by atoms with Gasteiger partial charge in [-0.05, 0) is 17.9 Å². The van der Waals surface area contributed by atoms with E-state index in [1.165, 1.54) is 6.42 Å². The smallest absolute Gasteiger partial charge is 0.178 e. The predicted molar refractivity (Wildman–Crippen MR) is 47.0 cm³/mol. The van der Waals surface area contributed by atoms with Crippen molar-refractivity contribution in [3.05, 3.63) is 0 Å². The van der Waals surface area contributed by atoms with E-state index < -0.39 is 0 Å². The largest absolute Gasteiger partial charge is 0.364 e. The summed E-state index contributed by atoms with van der Waals surface area (Å²) in [5, 5.41) is 2.76. The van der Waals surface area contributed by atoms with Crippen molar-refractivity contribution in [1.29, 1.82) is 0 Å². The van der Waals surface area contributed by atoms with E-state index in [4.69, 9.17) is 7.98 Å². The van der Waals surface area contributed by atoms with Crippen LogP contribution in [-0.4, -0.2) is 14.0 Å². The molecule has 0 aromatic heterocycles. The van der Waals surface area contributed by atoms with Crippen LogP contribution < -0.4 is 5.23 Å². The van der Waals surface area contributed by atoms with E-state index in [1.807, 2.05) is 0 Å². The molecule has 0 aromatic carbocycles. The Kier molecular flexibility index (Phi) is 4.03. The highest BCUT2D eigenvalue weighted by molar-refractivity contribution is 6.04. The van der Waals surface area contributed by atoms with Crippen molar-refractivity contribution in [1.82, 2.24) is 5.23 Å². The minimum atomic E-state index is 0.422. The van der Waals surface area contributed by atoms with Gasteiger partial charge in [0.2, 0.25) is 0 Å². The molecule has 0 fully saturated rings. The molecular weight excluding hydrogens is 121 g/mol. The van der Waals surface area contributed by atoms with Gasteiger partial charge in [-0.25, -0.2) is 0 Å². The van der Waals surface area contributed by atoms with E-state index in [0.29, 0.717) is 11.5 Å². The lowest BCUT2D eigenvalue weighted by Gasteiger charge is -2.26. The zero-order chi connectivity index (χ0) is 8.20. The molecule has 0 rings (SSSR count). The van der Waals surface area contributed by atoms with Gasteiger partial charge < -0.3 is 5.23 Å². The number of nitrogens with one attached hydrogen (secondary N) is 1. The minimum absolute atomic E-state index is 0.422. The first kappa shape index (κ1) is 10.0. The fraction of sp³-hybridized carbons (Fsp3) is 1.00. The summed E-state index contributed by atoms with van der Waals surface area (Å²) in [5.74, 6) is 0. The molecule has 2 radical (unpaired) electrons. The second-order valence-electron chi connectivity index (χ2n) is 3.79. The molecular formula is C8H18BN. The minimum Gasteiger partial charge on any atom is -0.364 e. The SMILES string of the molecule is [B]NC(C)CC(C)(C)CC. The second-order valence-corrected chi connectivity index (χ2v) is 3.79. The molecule has 1 unspecified atom stereocenters. The first-order chi connectivity index (χ1) is 4.52. The second kappa shape index (κ2) is 4.02. The Balaban J connectivity index is 3.64. The van der Waals surface area contributed by atoms with E-state index in [0.717, 1.165) is 6.42 Å². The fourth-order valence-electron chi connectivity index (χ4n) is 1.03. The molecule has 0 heterocycles. The van der Waals surface area contributed by atoms with E-state index in [2.05, 4.69) is 32.9 Å². The Labute approximate surface area is 66.0 Å². The molecule has 0 aliphatic carbocycles. The van der Waals surface area contributed by atoms with Gasteiger partial charge in [-0.2, -0.15) is 0 Å². The fourth-order valence-corrected chi connectivity index (χ4v) is 1.03. The molecule has 0 bridgehead atoms. The van der Waals surface area contributed by atoms with Crippen molar-refractivity contribution in [3.8, 4) is 0 Å². The standard InChI is InChI=1S/C8H18BN/c1-5-8(3,4)6-7(2)10-9/h7,10H,5-6H2,1-4H3. The van der Waals surface area contributed by atoms with E-state index in [1.54, 1.807) is 0 Å². The van der Waals surface area contributed by atoms with Crippen molar-refractivity contribution in [2.24, 2.45) is 5.41 Å². The van der Waals surface area contributed by atoms with Crippen LogP contribution in [0.4, 0.5) is 0 Å². The Morgan fingerprint density at radius 2 is 2.00 bits per heavy atom. The molecule has 0 saturated carbocycles. The lowest BCUT2D eigenvalue weighted by Crippen LogP contribution is -2.28. The maximum Gasteiger partial charge on any atom is 0.178 e. The maximum absolute atomic E-state index is 5.28. The van der Waals surface area contributed by atoms with Crippen LogP contribution in [0, 0.1) is 5.41 Å². The number of rotatable bonds is 4.